The average Bonchev–Trinajstić information content (AvgIpc) is 2.41. The van der Waals surface area contributed by atoms with Crippen LogP contribution in [0.2, 0.25) is 0 Å². The van der Waals surface area contributed by atoms with E-state index in [1.165, 1.54) is 31.8 Å². The van der Waals surface area contributed by atoms with E-state index in [-0.39, 0.29) is 0 Å². The molecule has 2 nitrogen and oxygen atoms in total. The van der Waals surface area contributed by atoms with Gasteiger partial charge in [-0.25, -0.2) is 0 Å². The van der Waals surface area contributed by atoms with Gasteiger partial charge in [0, 0.05) is 6.04 Å². The van der Waals surface area contributed by atoms with E-state index >= 15 is 0 Å². The Morgan fingerprint density at radius 1 is 1.30 bits per heavy atom. The van der Waals surface area contributed by atoms with E-state index < -0.39 is 0 Å². The Kier molecular flexibility index (Phi) is 3.00. The van der Waals surface area contributed by atoms with Crippen LogP contribution in [0, 0.1) is 0 Å². The smallest absolute Gasteiger partial charge is 0.144 e. The Balaban J connectivity index is 2.12. The van der Waals surface area contributed by atoms with E-state index in [0.29, 0.717) is 6.04 Å². The first-order valence-electron chi connectivity index (χ1n) is 3.80. The van der Waals surface area contributed by atoms with Gasteiger partial charge in [0.15, 0.2) is 0 Å². The Morgan fingerprint density at radius 3 is 2.60 bits per heavy atom. The van der Waals surface area contributed by atoms with Gasteiger partial charge in [0.25, 0.3) is 0 Å². The van der Waals surface area contributed by atoms with Crippen molar-refractivity contribution in [2.24, 2.45) is 0 Å². The molecule has 1 saturated carbocycles. The van der Waals surface area contributed by atoms with Gasteiger partial charge in [-0.15, -0.1) is 0 Å². The van der Waals surface area contributed by atoms with E-state index in [4.69, 9.17) is 0 Å². The predicted octanol–water partition coefficient (Wildman–Crippen LogP) is 1.23. The Bertz CT molecular complexity index is 125. The van der Waals surface area contributed by atoms with Crippen LogP contribution in [0.1, 0.15) is 25.7 Å². The molecule has 0 aromatic carbocycles. The zero-order valence-corrected chi connectivity index (χ0v) is 6.05. The number of carbonyl (C=O) groups excluding carboxylic acids is 1. The van der Waals surface area contributed by atoms with E-state index in [1.807, 2.05) is 0 Å². The van der Waals surface area contributed by atoms with Gasteiger partial charge in [-0.3, -0.25) is 4.79 Å². The number of rotatable bonds is 3. The van der Waals surface area contributed by atoms with Crippen molar-refractivity contribution in [3.8, 4) is 0 Å². The third-order valence-electron chi connectivity index (χ3n) is 1.86. The maximum atomic E-state index is 9.85. The van der Waals surface area contributed by atoms with Crippen molar-refractivity contribution < 1.29 is 4.79 Å². The maximum Gasteiger partial charge on any atom is 0.144 e. The molecule has 0 amide bonds. The van der Waals surface area contributed by atoms with Crippen LogP contribution in [0.3, 0.4) is 0 Å². The third kappa shape index (κ3) is 2.21. The molecule has 1 N–H and O–H groups in total. The maximum absolute atomic E-state index is 9.85. The van der Waals surface area contributed by atoms with Crippen LogP contribution >= 0.6 is 0 Å². The van der Waals surface area contributed by atoms with Gasteiger partial charge in [0.1, 0.15) is 6.29 Å². The summed E-state index contributed by atoms with van der Waals surface area (Å²) in [5.41, 5.74) is 0. The molecule has 0 atom stereocenters. The first-order chi connectivity index (χ1) is 4.93. The molecule has 0 heterocycles. The molecular weight excluding hydrogens is 126 g/mol. The monoisotopic (exact) mass is 139 g/mol. The number of carbonyl (C=O) groups is 1. The predicted molar refractivity (Wildman–Crippen MR) is 40.6 cm³/mol. The largest absolute Gasteiger partial charge is 0.388 e. The minimum Gasteiger partial charge on any atom is -0.388 e. The molecule has 0 bridgehead atoms. The van der Waals surface area contributed by atoms with E-state index in [9.17, 15) is 4.79 Å². The zero-order valence-electron chi connectivity index (χ0n) is 6.05. The molecule has 56 valence electrons. The van der Waals surface area contributed by atoms with Crippen LogP contribution in [0.4, 0.5) is 0 Å². The van der Waals surface area contributed by atoms with Crippen molar-refractivity contribution in [3.63, 3.8) is 0 Å². The highest BCUT2D eigenvalue weighted by Crippen LogP contribution is 2.17. The van der Waals surface area contributed by atoms with Crippen LogP contribution < -0.4 is 5.32 Å². The van der Waals surface area contributed by atoms with Gasteiger partial charge in [-0.05, 0) is 25.1 Å². The summed E-state index contributed by atoms with van der Waals surface area (Å²) in [6.07, 6.45) is 9.19. The molecule has 1 fully saturated rings. The van der Waals surface area contributed by atoms with Gasteiger partial charge < -0.3 is 5.32 Å². The lowest BCUT2D eigenvalue weighted by Gasteiger charge is -2.06. The minimum atomic E-state index is 0.621. The van der Waals surface area contributed by atoms with Crippen molar-refractivity contribution in [2.75, 3.05) is 0 Å². The molecule has 1 aliphatic rings. The second-order valence-corrected chi connectivity index (χ2v) is 2.64. The molecule has 0 unspecified atom stereocenters. The molecule has 0 aromatic heterocycles. The fourth-order valence-corrected chi connectivity index (χ4v) is 1.32. The Labute approximate surface area is 61.3 Å². The zero-order chi connectivity index (χ0) is 7.23. The number of nitrogens with one attached hydrogen (secondary N) is 1. The number of aldehydes is 1. The summed E-state index contributed by atoms with van der Waals surface area (Å²) in [6, 6.07) is 0.621. The van der Waals surface area contributed by atoms with Crippen LogP contribution in [-0.4, -0.2) is 12.3 Å². The van der Waals surface area contributed by atoms with Gasteiger partial charge in [-0.2, -0.15) is 0 Å². The lowest BCUT2D eigenvalue weighted by molar-refractivity contribution is -0.104. The minimum absolute atomic E-state index is 0.621. The molecule has 0 aromatic rings. The summed E-state index contributed by atoms with van der Waals surface area (Å²) in [4.78, 5) is 9.85. The molecule has 0 radical (unpaired) electrons. The fraction of sp³-hybridized carbons (Fsp3) is 0.625. The lowest BCUT2D eigenvalue weighted by atomic mass is 10.3. The summed E-state index contributed by atoms with van der Waals surface area (Å²) < 4.78 is 0. The van der Waals surface area contributed by atoms with Gasteiger partial charge in [0.05, 0.1) is 0 Å². The van der Waals surface area contributed by atoms with Crippen LogP contribution in [0.15, 0.2) is 12.3 Å². The fourth-order valence-electron chi connectivity index (χ4n) is 1.32. The van der Waals surface area contributed by atoms with Crippen molar-refractivity contribution in [1.29, 1.82) is 0 Å². The lowest BCUT2D eigenvalue weighted by Crippen LogP contribution is -2.19. The molecule has 1 aliphatic carbocycles. The van der Waals surface area contributed by atoms with Crippen molar-refractivity contribution >= 4 is 6.29 Å². The molecular formula is C8H13NO. The Hall–Kier alpha value is -0.790. The van der Waals surface area contributed by atoms with E-state index in [0.717, 1.165) is 6.29 Å². The van der Waals surface area contributed by atoms with Gasteiger partial charge in [0.2, 0.25) is 0 Å². The Morgan fingerprint density at radius 2 is 2.00 bits per heavy atom. The molecule has 2 heteroatoms. The number of allylic oxidation sites excluding steroid dienone is 1. The summed E-state index contributed by atoms with van der Waals surface area (Å²) >= 11 is 0. The van der Waals surface area contributed by atoms with Crippen LogP contribution in [0.5, 0.6) is 0 Å². The highest BCUT2D eigenvalue weighted by Gasteiger charge is 2.11. The normalized spacial score (nSPS) is 20.0. The third-order valence-corrected chi connectivity index (χ3v) is 1.86. The summed E-state index contributed by atoms with van der Waals surface area (Å²) in [5, 5.41) is 3.17. The number of hydrogen-bond donors (Lipinski definition) is 1. The van der Waals surface area contributed by atoms with Crippen molar-refractivity contribution in [3.05, 3.63) is 12.3 Å². The summed E-state index contributed by atoms with van der Waals surface area (Å²) in [7, 11) is 0. The number of hydrogen-bond acceptors (Lipinski definition) is 2. The van der Waals surface area contributed by atoms with Crippen molar-refractivity contribution in [1.82, 2.24) is 5.32 Å². The van der Waals surface area contributed by atoms with Gasteiger partial charge in [-0.1, -0.05) is 12.8 Å². The molecule has 0 saturated heterocycles. The standard InChI is InChI=1S/C8H13NO/c10-7-3-6-9-8-4-1-2-5-8/h3,6-9H,1-2,4-5H2. The summed E-state index contributed by atoms with van der Waals surface area (Å²) in [6.45, 7) is 0. The topological polar surface area (TPSA) is 29.1 Å². The molecule has 1 rings (SSSR count). The second-order valence-electron chi connectivity index (χ2n) is 2.64. The second kappa shape index (κ2) is 4.09. The summed E-state index contributed by atoms with van der Waals surface area (Å²) in [5.74, 6) is 0. The van der Waals surface area contributed by atoms with Crippen molar-refractivity contribution in [2.45, 2.75) is 31.7 Å². The molecule has 10 heavy (non-hydrogen) atoms. The van der Waals surface area contributed by atoms with E-state index in [2.05, 4.69) is 5.32 Å². The highest BCUT2D eigenvalue weighted by molar-refractivity contribution is 5.64. The van der Waals surface area contributed by atoms with Crippen LogP contribution in [0.25, 0.3) is 0 Å². The highest BCUT2D eigenvalue weighted by atomic mass is 16.1. The first kappa shape index (κ1) is 7.32. The SMILES string of the molecule is O=CC=CNC1CCCC1. The van der Waals surface area contributed by atoms with Crippen LogP contribution in [-0.2, 0) is 4.79 Å². The quantitative estimate of drug-likeness (QED) is 0.470. The first-order valence-corrected chi connectivity index (χ1v) is 3.80. The van der Waals surface area contributed by atoms with Gasteiger partial charge >= 0.3 is 0 Å². The average molecular weight is 139 g/mol. The molecule has 0 aliphatic heterocycles. The van der Waals surface area contributed by atoms with E-state index in [1.54, 1.807) is 6.20 Å². The molecule has 0 spiro atoms.